The Labute approximate surface area is 127 Å². The van der Waals surface area contributed by atoms with Gasteiger partial charge in [-0.2, -0.15) is 0 Å². The van der Waals surface area contributed by atoms with Gasteiger partial charge in [0.1, 0.15) is 0 Å². The first-order valence-electron chi connectivity index (χ1n) is 7.85. The van der Waals surface area contributed by atoms with Gasteiger partial charge in [0.15, 0.2) is 17.3 Å². The largest absolute Gasteiger partial charge is 0.504 e. The van der Waals surface area contributed by atoms with Gasteiger partial charge in [0.25, 0.3) is 0 Å². The number of carbonyl (C=O) groups is 1. The summed E-state index contributed by atoms with van der Waals surface area (Å²) in [6, 6.07) is 4.91. The third-order valence-corrected chi connectivity index (χ3v) is 4.82. The number of ketones is 1. The number of benzene rings is 1. The van der Waals surface area contributed by atoms with E-state index in [1.54, 1.807) is 18.2 Å². The van der Waals surface area contributed by atoms with Crippen LogP contribution in [0.5, 0.6) is 11.5 Å². The Bertz CT molecular complexity index is 507. The van der Waals surface area contributed by atoms with Crippen LogP contribution >= 0.6 is 0 Å². The number of rotatable bonds is 4. The highest BCUT2D eigenvalue weighted by atomic mass is 16.5. The zero-order valence-corrected chi connectivity index (χ0v) is 13.4. The number of Topliss-reactive ketones (excluding diaryl/α,β-unsaturated/α-hetero) is 1. The summed E-state index contributed by atoms with van der Waals surface area (Å²) in [5, 5.41) is 9.67. The molecule has 3 unspecified atom stereocenters. The minimum atomic E-state index is 0.0754. The number of carbonyl (C=O) groups excluding carboxylic acids is 1. The Balaban J connectivity index is 2.27. The maximum atomic E-state index is 12.9. The summed E-state index contributed by atoms with van der Waals surface area (Å²) in [5.74, 6) is 2.30. The van der Waals surface area contributed by atoms with Crippen LogP contribution in [0.3, 0.4) is 0 Å². The lowest BCUT2D eigenvalue weighted by atomic mass is 9.67. The van der Waals surface area contributed by atoms with Gasteiger partial charge in [-0.15, -0.1) is 0 Å². The molecule has 0 radical (unpaired) electrons. The molecule has 1 aliphatic rings. The summed E-state index contributed by atoms with van der Waals surface area (Å²) in [5.41, 5.74) is 0.648. The van der Waals surface area contributed by atoms with E-state index < -0.39 is 0 Å². The highest BCUT2D eigenvalue weighted by molar-refractivity contribution is 5.98. The molecule has 0 aromatic heterocycles. The van der Waals surface area contributed by atoms with Crippen molar-refractivity contribution in [1.82, 2.24) is 0 Å². The van der Waals surface area contributed by atoms with Gasteiger partial charge in [0.05, 0.1) is 7.11 Å². The standard InChI is InChI=1S/C18H26O3/c1-11(2)14-7-5-12(3)9-15(14)18(20)13-6-8-16(19)17(10-13)21-4/h6,8,10-12,14-15,19H,5,7,9H2,1-4H3. The van der Waals surface area contributed by atoms with Gasteiger partial charge in [0, 0.05) is 11.5 Å². The number of phenols is 1. The van der Waals surface area contributed by atoms with Crippen LogP contribution in [0.15, 0.2) is 18.2 Å². The molecule has 0 heterocycles. The van der Waals surface area contributed by atoms with Gasteiger partial charge in [0.2, 0.25) is 0 Å². The van der Waals surface area contributed by atoms with Gasteiger partial charge in [-0.25, -0.2) is 0 Å². The molecule has 1 aromatic carbocycles. The van der Waals surface area contributed by atoms with Crippen molar-refractivity contribution in [1.29, 1.82) is 0 Å². The fourth-order valence-corrected chi connectivity index (χ4v) is 3.55. The van der Waals surface area contributed by atoms with E-state index in [2.05, 4.69) is 20.8 Å². The van der Waals surface area contributed by atoms with Gasteiger partial charge >= 0.3 is 0 Å². The minimum absolute atomic E-state index is 0.0754. The van der Waals surface area contributed by atoms with Gasteiger partial charge < -0.3 is 9.84 Å². The Morgan fingerprint density at radius 2 is 2.05 bits per heavy atom. The van der Waals surface area contributed by atoms with Crippen molar-refractivity contribution in [2.45, 2.75) is 40.0 Å². The maximum Gasteiger partial charge on any atom is 0.166 e. The average molecular weight is 290 g/mol. The van der Waals surface area contributed by atoms with Crippen molar-refractivity contribution in [3.63, 3.8) is 0 Å². The van der Waals surface area contributed by atoms with Crippen LogP contribution in [-0.4, -0.2) is 18.0 Å². The first kappa shape index (κ1) is 15.9. The zero-order valence-electron chi connectivity index (χ0n) is 13.4. The molecule has 21 heavy (non-hydrogen) atoms. The smallest absolute Gasteiger partial charge is 0.166 e. The van der Waals surface area contributed by atoms with E-state index in [1.807, 2.05) is 0 Å². The van der Waals surface area contributed by atoms with E-state index in [9.17, 15) is 9.90 Å². The monoisotopic (exact) mass is 290 g/mol. The lowest BCUT2D eigenvalue weighted by Gasteiger charge is -2.36. The molecule has 1 fully saturated rings. The number of ether oxygens (including phenoxy) is 1. The summed E-state index contributed by atoms with van der Waals surface area (Å²) in [4.78, 5) is 12.9. The lowest BCUT2D eigenvalue weighted by molar-refractivity contribution is 0.0723. The second-order valence-corrected chi connectivity index (χ2v) is 6.68. The number of hydrogen-bond donors (Lipinski definition) is 1. The van der Waals surface area contributed by atoms with Crippen LogP contribution in [0.4, 0.5) is 0 Å². The summed E-state index contributed by atoms with van der Waals surface area (Å²) >= 11 is 0. The predicted octanol–water partition coefficient (Wildman–Crippen LogP) is 4.29. The number of methoxy groups -OCH3 is 1. The summed E-state index contributed by atoms with van der Waals surface area (Å²) in [6.07, 6.45) is 3.31. The SMILES string of the molecule is COc1cc(C(=O)C2CC(C)CCC2C(C)C)ccc1O. The first-order valence-corrected chi connectivity index (χ1v) is 7.85. The van der Waals surface area contributed by atoms with Crippen molar-refractivity contribution in [2.75, 3.05) is 7.11 Å². The molecule has 3 heteroatoms. The Kier molecular flexibility index (Phi) is 4.92. The predicted molar refractivity (Wildman–Crippen MR) is 83.8 cm³/mol. The molecule has 0 saturated heterocycles. The van der Waals surface area contributed by atoms with E-state index in [0.29, 0.717) is 29.1 Å². The quantitative estimate of drug-likeness (QED) is 0.841. The summed E-state index contributed by atoms with van der Waals surface area (Å²) in [6.45, 7) is 6.64. The molecule has 116 valence electrons. The van der Waals surface area contributed by atoms with E-state index in [-0.39, 0.29) is 17.5 Å². The molecule has 1 aromatic rings. The van der Waals surface area contributed by atoms with Gasteiger partial charge in [-0.3, -0.25) is 4.79 Å². The van der Waals surface area contributed by atoms with Crippen LogP contribution in [-0.2, 0) is 0 Å². The average Bonchev–Trinajstić information content (AvgIpc) is 2.46. The molecule has 3 atom stereocenters. The third-order valence-electron chi connectivity index (χ3n) is 4.82. The van der Waals surface area contributed by atoms with Crippen molar-refractivity contribution in [3.05, 3.63) is 23.8 Å². The minimum Gasteiger partial charge on any atom is -0.504 e. The van der Waals surface area contributed by atoms with Crippen LogP contribution < -0.4 is 4.74 Å². The summed E-state index contributed by atoms with van der Waals surface area (Å²) in [7, 11) is 1.50. The molecule has 1 aliphatic carbocycles. The van der Waals surface area contributed by atoms with Gasteiger partial charge in [-0.1, -0.05) is 27.2 Å². The van der Waals surface area contributed by atoms with E-state index in [1.165, 1.54) is 13.5 Å². The van der Waals surface area contributed by atoms with E-state index >= 15 is 0 Å². The normalized spacial score (nSPS) is 25.9. The van der Waals surface area contributed by atoms with Crippen molar-refractivity contribution in [2.24, 2.45) is 23.7 Å². The lowest BCUT2D eigenvalue weighted by Crippen LogP contribution is -2.33. The number of aromatic hydroxyl groups is 1. The molecule has 2 rings (SSSR count). The third kappa shape index (κ3) is 3.39. The van der Waals surface area contributed by atoms with Crippen molar-refractivity contribution in [3.8, 4) is 11.5 Å². The molecular weight excluding hydrogens is 264 g/mol. The van der Waals surface area contributed by atoms with Crippen LogP contribution in [0.1, 0.15) is 50.4 Å². The Hall–Kier alpha value is -1.51. The number of hydrogen-bond acceptors (Lipinski definition) is 3. The second kappa shape index (κ2) is 6.50. The molecule has 1 saturated carbocycles. The first-order chi connectivity index (χ1) is 9.93. The maximum absolute atomic E-state index is 12.9. The van der Waals surface area contributed by atoms with E-state index in [4.69, 9.17) is 4.74 Å². The molecule has 0 aliphatic heterocycles. The molecule has 0 amide bonds. The molecule has 0 bridgehead atoms. The molecule has 0 spiro atoms. The van der Waals surface area contributed by atoms with Crippen molar-refractivity contribution < 1.29 is 14.6 Å². The van der Waals surface area contributed by atoms with Gasteiger partial charge in [-0.05, 0) is 48.8 Å². The van der Waals surface area contributed by atoms with Crippen LogP contribution in [0, 0.1) is 23.7 Å². The fraction of sp³-hybridized carbons (Fsp3) is 0.611. The molecule has 3 nitrogen and oxygen atoms in total. The van der Waals surface area contributed by atoms with Crippen LogP contribution in [0.25, 0.3) is 0 Å². The summed E-state index contributed by atoms with van der Waals surface area (Å²) < 4.78 is 5.12. The van der Waals surface area contributed by atoms with Crippen LogP contribution in [0.2, 0.25) is 0 Å². The topological polar surface area (TPSA) is 46.5 Å². The highest BCUT2D eigenvalue weighted by Gasteiger charge is 2.35. The fourth-order valence-electron chi connectivity index (χ4n) is 3.55. The Morgan fingerprint density at radius 3 is 2.67 bits per heavy atom. The Morgan fingerprint density at radius 1 is 1.33 bits per heavy atom. The van der Waals surface area contributed by atoms with Crippen molar-refractivity contribution >= 4 is 5.78 Å². The zero-order chi connectivity index (χ0) is 15.6. The number of phenolic OH excluding ortho intramolecular Hbond substituents is 1. The molecular formula is C18H26O3. The molecule has 1 N–H and O–H groups in total. The van der Waals surface area contributed by atoms with E-state index in [0.717, 1.165) is 12.8 Å². The highest BCUT2D eigenvalue weighted by Crippen LogP contribution is 2.40. The second-order valence-electron chi connectivity index (χ2n) is 6.68.